The normalized spacial score (nSPS) is 16.6. The summed E-state index contributed by atoms with van der Waals surface area (Å²) in [6, 6.07) is 8.93. The van der Waals surface area contributed by atoms with E-state index in [1.807, 2.05) is 0 Å². The van der Waals surface area contributed by atoms with E-state index in [4.69, 9.17) is 4.42 Å². The Morgan fingerprint density at radius 3 is 2.52 bits per heavy atom. The second kappa shape index (κ2) is 7.09. The molecule has 3 rings (SSSR count). The predicted molar refractivity (Wildman–Crippen MR) is 90.6 cm³/mol. The van der Waals surface area contributed by atoms with Crippen LogP contribution in [0.25, 0.3) is 0 Å². The van der Waals surface area contributed by atoms with Crippen LogP contribution in [0.4, 0.5) is 4.39 Å². The summed E-state index contributed by atoms with van der Waals surface area (Å²) in [4.78, 5) is 24.2. The highest BCUT2D eigenvalue weighted by Gasteiger charge is 2.39. The van der Waals surface area contributed by atoms with Crippen LogP contribution in [0.1, 0.15) is 42.3 Å². The number of halogens is 1. The molecule has 132 valence electrons. The van der Waals surface area contributed by atoms with Gasteiger partial charge >= 0.3 is 0 Å². The van der Waals surface area contributed by atoms with Gasteiger partial charge in [0.15, 0.2) is 5.76 Å². The summed E-state index contributed by atoms with van der Waals surface area (Å²) in [5.74, 6) is -0.782. The number of benzene rings is 1. The first-order chi connectivity index (χ1) is 12.0. The zero-order chi connectivity index (χ0) is 17.9. The minimum Gasteiger partial charge on any atom is -0.459 e. The van der Waals surface area contributed by atoms with Crippen molar-refractivity contribution in [3.8, 4) is 0 Å². The Kier molecular flexibility index (Phi) is 4.88. The lowest BCUT2D eigenvalue weighted by Gasteiger charge is -2.42. The number of nitrogens with one attached hydrogen (secondary N) is 2. The van der Waals surface area contributed by atoms with Gasteiger partial charge < -0.3 is 15.1 Å². The molecule has 1 aromatic heterocycles. The van der Waals surface area contributed by atoms with Crippen LogP contribution < -0.4 is 10.6 Å². The summed E-state index contributed by atoms with van der Waals surface area (Å²) in [5.41, 5.74) is 0.890. The van der Waals surface area contributed by atoms with Gasteiger partial charge in [-0.1, -0.05) is 18.6 Å². The number of furan rings is 1. The van der Waals surface area contributed by atoms with Gasteiger partial charge in [0.1, 0.15) is 11.9 Å². The second-order valence-corrected chi connectivity index (χ2v) is 6.53. The van der Waals surface area contributed by atoms with E-state index in [-0.39, 0.29) is 22.9 Å². The number of hydrogen-bond donors (Lipinski definition) is 2. The van der Waals surface area contributed by atoms with E-state index in [1.165, 1.54) is 24.5 Å². The van der Waals surface area contributed by atoms with Gasteiger partial charge in [0.2, 0.25) is 5.91 Å². The number of carbonyl (C=O) groups excluding carboxylic acids is 2. The van der Waals surface area contributed by atoms with Gasteiger partial charge in [-0.05, 0) is 49.6 Å². The van der Waals surface area contributed by atoms with Crippen molar-refractivity contribution in [2.75, 3.05) is 6.54 Å². The van der Waals surface area contributed by atoms with Crippen LogP contribution in [0.3, 0.4) is 0 Å². The number of rotatable bonds is 6. The van der Waals surface area contributed by atoms with Crippen molar-refractivity contribution < 1.29 is 18.4 Å². The number of carbonyl (C=O) groups is 2. The Hall–Kier alpha value is -2.63. The summed E-state index contributed by atoms with van der Waals surface area (Å²) >= 11 is 0. The zero-order valence-corrected chi connectivity index (χ0v) is 14.0. The molecule has 1 fully saturated rings. The molecule has 25 heavy (non-hydrogen) atoms. The quantitative estimate of drug-likeness (QED) is 0.846. The summed E-state index contributed by atoms with van der Waals surface area (Å²) in [6.07, 6.45) is 4.39. The van der Waals surface area contributed by atoms with Gasteiger partial charge in [0, 0.05) is 12.0 Å². The van der Waals surface area contributed by atoms with Crippen molar-refractivity contribution in [1.82, 2.24) is 10.6 Å². The average Bonchev–Trinajstić information content (AvgIpc) is 3.09. The van der Waals surface area contributed by atoms with E-state index in [1.54, 1.807) is 25.1 Å². The van der Waals surface area contributed by atoms with Crippen LogP contribution in [0, 0.1) is 5.82 Å². The molecule has 6 heteroatoms. The molecule has 1 aliphatic rings. The van der Waals surface area contributed by atoms with Crippen molar-refractivity contribution in [2.45, 2.75) is 37.6 Å². The minimum atomic E-state index is -0.678. The predicted octanol–water partition coefficient (Wildman–Crippen LogP) is 2.78. The molecule has 1 aliphatic carbocycles. The van der Waals surface area contributed by atoms with Crippen LogP contribution in [0.5, 0.6) is 0 Å². The molecule has 1 heterocycles. The molecule has 0 spiro atoms. The van der Waals surface area contributed by atoms with E-state index in [0.717, 1.165) is 24.8 Å². The lowest BCUT2D eigenvalue weighted by Crippen LogP contribution is -2.51. The van der Waals surface area contributed by atoms with Crippen LogP contribution >= 0.6 is 0 Å². The van der Waals surface area contributed by atoms with Crippen LogP contribution in [-0.4, -0.2) is 24.4 Å². The Balaban J connectivity index is 1.57. The first-order valence-electron chi connectivity index (χ1n) is 8.38. The fourth-order valence-corrected chi connectivity index (χ4v) is 3.12. The molecule has 1 aromatic carbocycles. The lowest BCUT2D eigenvalue weighted by molar-refractivity contribution is -0.123. The first kappa shape index (κ1) is 17.2. The van der Waals surface area contributed by atoms with Gasteiger partial charge in [-0.3, -0.25) is 9.59 Å². The molecule has 0 aliphatic heterocycles. The maximum absolute atomic E-state index is 13.1. The second-order valence-electron chi connectivity index (χ2n) is 6.53. The molecule has 0 radical (unpaired) electrons. The molecule has 1 saturated carbocycles. The molecule has 0 bridgehead atoms. The van der Waals surface area contributed by atoms with E-state index in [0.29, 0.717) is 6.54 Å². The largest absolute Gasteiger partial charge is 0.459 e. The fourth-order valence-electron chi connectivity index (χ4n) is 3.12. The Morgan fingerprint density at radius 1 is 1.24 bits per heavy atom. The van der Waals surface area contributed by atoms with Crippen molar-refractivity contribution in [1.29, 1.82) is 0 Å². The molecular weight excluding hydrogens is 323 g/mol. The van der Waals surface area contributed by atoms with Gasteiger partial charge in [0.05, 0.1) is 6.26 Å². The van der Waals surface area contributed by atoms with Gasteiger partial charge in [-0.25, -0.2) is 4.39 Å². The maximum atomic E-state index is 13.1. The molecule has 5 nitrogen and oxygen atoms in total. The third-order valence-corrected chi connectivity index (χ3v) is 4.85. The molecular formula is C19H21FN2O3. The van der Waals surface area contributed by atoms with Gasteiger partial charge in [-0.2, -0.15) is 0 Å². The van der Waals surface area contributed by atoms with E-state index < -0.39 is 11.9 Å². The molecule has 2 amide bonds. The highest BCUT2D eigenvalue weighted by Crippen LogP contribution is 2.43. The third-order valence-electron chi connectivity index (χ3n) is 4.85. The fraction of sp³-hybridized carbons (Fsp3) is 0.368. The van der Waals surface area contributed by atoms with Gasteiger partial charge in [-0.15, -0.1) is 0 Å². The summed E-state index contributed by atoms with van der Waals surface area (Å²) in [5, 5.41) is 5.52. The van der Waals surface area contributed by atoms with E-state index >= 15 is 0 Å². The van der Waals surface area contributed by atoms with Crippen molar-refractivity contribution in [3.63, 3.8) is 0 Å². The molecule has 1 atom stereocenters. The Morgan fingerprint density at radius 2 is 1.96 bits per heavy atom. The standard InChI is InChI=1S/C19H21FN2O3/c1-13(22-18(24)16-4-2-11-25-16)17(23)21-12-19(9-3-10-19)14-5-7-15(20)8-6-14/h2,4-8,11,13H,3,9-10,12H2,1H3,(H,21,23)(H,22,24). The zero-order valence-electron chi connectivity index (χ0n) is 14.0. The smallest absolute Gasteiger partial charge is 0.287 e. The first-order valence-corrected chi connectivity index (χ1v) is 8.38. The molecule has 2 aromatic rings. The highest BCUT2D eigenvalue weighted by atomic mass is 19.1. The highest BCUT2D eigenvalue weighted by molar-refractivity contribution is 5.95. The molecule has 2 N–H and O–H groups in total. The lowest BCUT2D eigenvalue weighted by atomic mass is 9.64. The minimum absolute atomic E-state index is 0.145. The van der Waals surface area contributed by atoms with Crippen molar-refractivity contribution in [2.24, 2.45) is 0 Å². The average molecular weight is 344 g/mol. The van der Waals surface area contributed by atoms with Crippen LogP contribution in [0.15, 0.2) is 47.1 Å². The maximum Gasteiger partial charge on any atom is 0.287 e. The van der Waals surface area contributed by atoms with Crippen LogP contribution in [-0.2, 0) is 10.2 Å². The summed E-state index contributed by atoms with van der Waals surface area (Å²) in [7, 11) is 0. The van der Waals surface area contributed by atoms with Crippen molar-refractivity contribution >= 4 is 11.8 Å². The topological polar surface area (TPSA) is 71.3 Å². The van der Waals surface area contributed by atoms with Crippen LogP contribution in [0.2, 0.25) is 0 Å². The third kappa shape index (κ3) is 3.73. The van der Waals surface area contributed by atoms with E-state index in [9.17, 15) is 14.0 Å². The monoisotopic (exact) mass is 344 g/mol. The van der Waals surface area contributed by atoms with Crippen molar-refractivity contribution in [3.05, 3.63) is 59.8 Å². The Bertz CT molecular complexity index is 737. The summed E-state index contributed by atoms with van der Waals surface area (Å²) in [6.45, 7) is 2.10. The SMILES string of the molecule is CC(NC(=O)c1ccco1)C(=O)NCC1(c2ccc(F)cc2)CCC1. The number of hydrogen-bond acceptors (Lipinski definition) is 3. The summed E-state index contributed by atoms with van der Waals surface area (Å²) < 4.78 is 18.1. The van der Waals surface area contributed by atoms with E-state index in [2.05, 4.69) is 10.6 Å². The Labute approximate surface area is 145 Å². The molecule has 0 saturated heterocycles. The molecule has 1 unspecified atom stereocenters. The number of amides is 2. The van der Waals surface area contributed by atoms with Gasteiger partial charge in [0.25, 0.3) is 5.91 Å².